The zero-order valence-electron chi connectivity index (χ0n) is 26.1. The first kappa shape index (κ1) is 30.1. The molecule has 1 atom stereocenters. The van der Waals surface area contributed by atoms with Crippen molar-refractivity contribution in [3.05, 3.63) is 171 Å². The fourth-order valence-corrected chi connectivity index (χ4v) is 7.22. The molecule has 2 heterocycles. The van der Waals surface area contributed by atoms with Crippen molar-refractivity contribution in [3.63, 3.8) is 0 Å². The molecule has 5 aromatic carbocycles. The molecule has 8 nitrogen and oxygen atoms in total. The van der Waals surface area contributed by atoms with Crippen molar-refractivity contribution in [1.29, 1.82) is 0 Å². The molecule has 1 spiro atoms. The summed E-state index contributed by atoms with van der Waals surface area (Å²) in [4.78, 5) is 24.0. The number of hydrogen-bond donors (Lipinski definition) is 0. The minimum Gasteiger partial charge on any atom is -0.286 e. The maximum absolute atomic E-state index is 14.0. The van der Waals surface area contributed by atoms with Crippen LogP contribution >= 0.6 is 11.8 Å². The van der Waals surface area contributed by atoms with E-state index in [1.54, 1.807) is 29.3 Å². The van der Waals surface area contributed by atoms with Crippen LogP contribution in [0.1, 0.15) is 53.4 Å². The van der Waals surface area contributed by atoms with Crippen molar-refractivity contribution in [2.45, 2.75) is 31.2 Å². The topological polar surface area (TPSA) is 91.4 Å². The summed E-state index contributed by atoms with van der Waals surface area (Å²) in [5.74, 6) is -0.225. The molecule has 0 fully saturated rings. The molecular weight excluding hydrogens is 607 g/mol. The quantitative estimate of drug-likeness (QED) is 0.105. The Morgan fingerprint density at radius 2 is 1.30 bits per heavy atom. The number of nitro benzene ring substituents is 1. The first-order chi connectivity index (χ1) is 22.7. The molecule has 232 valence electrons. The summed E-state index contributed by atoms with van der Waals surface area (Å²) in [5.41, 5.74) is 6.54. The molecule has 7 rings (SSSR count). The van der Waals surface area contributed by atoms with Gasteiger partial charge in [0.15, 0.2) is 5.04 Å². The Kier molecular flexibility index (Phi) is 7.48. The number of anilines is 2. The molecule has 0 bridgehead atoms. The number of hydrogen-bond acceptors (Lipinski definition) is 8. The van der Waals surface area contributed by atoms with Crippen LogP contribution in [0, 0.1) is 10.1 Å². The van der Waals surface area contributed by atoms with Gasteiger partial charge in [0.2, 0.25) is 10.8 Å². The Morgan fingerprint density at radius 1 is 0.723 bits per heavy atom. The molecule has 2 aliphatic rings. The van der Waals surface area contributed by atoms with E-state index in [9.17, 15) is 14.9 Å². The first-order valence-electron chi connectivity index (χ1n) is 15.2. The highest BCUT2D eigenvalue weighted by molar-refractivity contribution is 8.17. The van der Waals surface area contributed by atoms with E-state index in [1.807, 2.05) is 77.8 Å². The summed E-state index contributed by atoms with van der Waals surface area (Å²) in [6.45, 7) is 6.57. The first-order valence-corrected chi connectivity index (χ1v) is 16.1. The van der Waals surface area contributed by atoms with E-state index in [4.69, 9.17) is 10.2 Å². The minimum atomic E-state index is -1.19. The Bertz CT molecular complexity index is 2040. The normalized spacial score (nSPS) is 17.3. The summed E-state index contributed by atoms with van der Waals surface area (Å²) in [6.07, 6.45) is 0. The number of thioether (sulfide) groups is 1. The predicted molar refractivity (Wildman–Crippen MR) is 189 cm³/mol. The number of carbonyl (C=O) groups excluding carboxylic acids is 1. The van der Waals surface area contributed by atoms with Gasteiger partial charge < -0.3 is 0 Å². The molecule has 47 heavy (non-hydrogen) atoms. The van der Waals surface area contributed by atoms with Gasteiger partial charge in [-0.05, 0) is 47.0 Å². The lowest BCUT2D eigenvalue weighted by molar-refractivity contribution is -0.384. The number of carbonyl (C=O) groups is 1. The van der Waals surface area contributed by atoms with Gasteiger partial charge in [-0.25, -0.2) is 10.0 Å². The van der Waals surface area contributed by atoms with E-state index >= 15 is 0 Å². The van der Waals surface area contributed by atoms with Crippen LogP contribution in [0.25, 0.3) is 0 Å². The van der Waals surface area contributed by atoms with Gasteiger partial charge in [0.1, 0.15) is 0 Å². The Balaban J connectivity index is 1.47. The van der Waals surface area contributed by atoms with Gasteiger partial charge in [0, 0.05) is 34.4 Å². The van der Waals surface area contributed by atoms with Gasteiger partial charge >= 0.3 is 0 Å². The molecule has 0 radical (unpaired) electrons. The van der Waals surface area contributed by atoms with E-state index < -0.39 is 9.92 Å². The molecule has 0 aliphatic carbocycles. The maximum Gasteiger partial charge on any atom is 0.269 e. The third-order valence-corrected chi connectivity index (χ3v) is 9.61. The molecule has 0 saturated heterocycles. The van der Waals surface area contributed by atoms with Crippen molar-refractivity contribution in [1.82, 2.24) is 0 Å². The number of nitrogens with zero attached hydrogens (tertiary/aromatic N) is 5. The lowest BCUT2D eigenvalue weighted by Crippen LogP contribution is -2.54. The van der Waals surface area contributed by atoms with Gasteiger partial charge in [-0.2, -0.15) is 10.2 Å². The van der Waals surface area contributed by atoms with Crippen LogP contribution < -0.4 is 10.0 Å². The molecule has 0 N–H and O–H groups in total. The number of nitro groups is 1. The van der Waals surface area contributed by atoms with Crippen LogP contribution in [0.4, 0.5) is 17.1 Å². The Labute approximate surface area is 277 Å². The van der Waals surface area contributed by atoms with Crippen LogP contribution in [0.15, 0.2) is 144 Å². The lowest BCUT2D eigenvalue weighted by atomic mass is 9.85. The van der Waals surface area contributed by atoms with Crippen molar-refractivity contribution in [3.8, 4) is 0 Å². The molecule has 5 aromatic rings. The summed E-state index contributed by atoms with van der Waals surface area (Å²) >= 11 is 1.31. The van der Waals surface area contributed by atoms with Crippen LogP contribution in [0.2, 0.25) is 0 Å². The standard InChI is InChI=1S/C38H31N5O3S/c1-37(2,3)28-20-18-26(19-21-28)34-32-16-10-11-17-33(32)38(41(39-34)29-14-8-5-9-15-29)42(30-22-24-31(25-23-30)43(45)46)40-36(47-38)35(44)27-12-6-4-7-13-27/h4-25H,1-3H3/t38-/m0/s1. The minimum absolute atomic E-state index is 0.00425. The van der Waals surface area contributed by atoms with Gasteiger partial charge in [0.25, 0.3) is 5.69 Å². The van der Waals surface area contributed by atoms with Gasteiger partial charge in [0.05, 0.1) is 22.0 Å². The van der Waals surface area contributed by atoms with Gasteiger partial charge in [-0.15, -0.1) is 0 Å². The highest BCUT2D eigenvalue weighted by atomic mass is 32.2. The third kappa shape index (κ3) is 5.28. The smallest absolute Gasteiger partial charge is 0.269 e. The number of ketones is 1. The van der Waals surface area contributed by atoms with Gasteiger partial charge in [-0.1, -0.05) is 118 Å². The fraction of sp³-hybridized carbons (Fsp3) is 0.132. The molecule has 9 heteroatoms. The molecule has 2 aliphatic heterocycles. The average molecular weight is 638 g/mol. The van der Waals surface area contributed by atoms with Crippen molar-refractivity contribution < 1.29 is 9.72 Å². The highest BCUT2D eigenvalue weighted by Gasteiger charge is 2.56. The van der Waals surface area contributed by atoms with E-state index in [0.717, 1.165) is 28.1 Å². The Hall–Kier alpha value is -5.54. The number of rotatable bonds is 6. The summed E-state index contributed by atoms with van der Waals surface area (Å²) in [7, 11) is 0. The number of hydrazone groups is 2. The second-order valence-corrected chi connectivity index (χ2v) is 13.5. The second-order valence-electron chi connectivity index (χ2n) is 12.4. The third-order valence-electron chi connectivity index (χ3n) is 8.30. The number of benzene rings is 5. The van der Waals surface area contributed by atoms with Crippen LogP contribution in [-0.2, 0) is 10.4 Å². The Morgan fingerprint density at radius 3 is 1.94 bits per heavy atom. The molecule has 0 amide bonds. The van der Waals surface area contributed by atoms with E-state index in [-0.39, 0.29) is 21.9 Å². The fourth-order valence-electron chi connectivity index (χ4n) is 5.86. The zero-order valence-corrected chi connectivity index (χ0v) is 26.9. The van der Waals surface area contributed by atoms with Crippen molar-refractivity contribution in [2.75, 3.05) is 10.0 Å². The number of non-ortho nitro benzene ring substituents is 1. The number of Topliss-reactive ketones (excluding diaryl/α,β-unsaturated/α-hetero) is 1. The lowest BCUT2D eigenvalue weighted by Gasteiger charge is -2.47. The van der Waals surface area contributed by atoms with Gasteiger partial charge in [-0.3, -0.25) is 14.9 Å². The summed E-state index contributed by atoms with van der Waals surface area (Å²) < 4.78 is 0. The molecule has 0 unspecified atom stereocenters. The largest absolute Gasteiger partial charge is 0.286 e. The van der Waals surface area contributed by atoms with E-state index in [0.29, 0.717) is 11.3 Å². The predicted octanol–water partition coefficient (Wildman–Crippen LogP) is 8.73. The summed E-state index contributed by atoms with van der Waals surface area (Å²) in [6, 6.07) is 41.6. The van der Waals surface area contributed by atoms with Crippen molar-refractivity contribution in [2.24, 2.45) is 10.2 Å². The highest BCUT2D eigenvalue weighted by Crippen LogP contribution is 2.55. The van der Waals surface area contributed by atoms with Crippen LogP contribution in [0.3, 0.4) is 0 Å². The zero-order chi connectivity index (χ0) is 32.8. The monoisotopic (exact) mass is 637 g/mol. The SMILES string of the molecule is CC(C)(C)c1ccc(C2=NN(c3ccccc3)[C@@]3(SC(C(=O)c4ccccc4)=NN3c3ccc([N+](=O)[O-])cc3)c3ccccc32)cc1. The van der Waals surface area contributed by atoms with Crippen LogP contribution in [0.5, 0.6) is 0 Å². The average Bonchev–Trinajstić information content (AvgIpc) is 3.49. The molecule has 0 saturated carbocycles. The summed E-state index contributed by atoms with van der Waals surface area (Å²) in [5, 5.41) is 25.9. The number of para-hydroxylation sites is 1. The second kappa shape index (κ2) is 11.7. The van der Waals surface area contributed by atoms with Crippen molar-refractivity contribution >= 4 is 45.4 Å². The molecule has 0 aromatic heterocycles. The van der Waals surface area contributed by atoms with Crippen LogP contribution in [-0.4, -0.2) is 21.5 Å². The van der Waals surface area contributed by atoms with E-state index in [1.165, 1.54) is 29.5 Å². The number of fused-ring (bicyclic) bond motifs is 2. The van der Waals surface area contributed by atoms with E-state index in [2.05, 4.69) is 45.0 Å². The molecular formula is C38H31N5O3S. The maximum atomic E-state index is 14.0.